The molecule has 110 valence electrons. The van der Waals surface area contributed by atoms with Crippen molar-refractivity contribution in [2.24, 2.45) is 0 Å². The van der Waals surface area contributed by atoms with Gasteiger partial charge in [0, 0.05) is 5.56 Å². The Kier molecular flexibility index (Phi) is 3.91. The van der Waals surface area contributed by atoms with E-state index in [0.29, 0.717) is 17.1 Å². The summed E-state index contributed by atoms with van der Waals surface area (Å²) in [7, 11) is 1.54. The van der Waals surface area contributed by atoms with Crippen LogP contribution in [0.1, 0.15) is 10.4 Å². The van der Waals surface area contributed by atoms with Crippen molar-refractivity contribution in [3.05, 3.63) is 60.2 Å². The number of Topliss-reactive ketones (excluding diaryl/α,β-unsaturated/α-hetero) is 1. The number of methoxy groups -OCH3 is 1. The van der Waals surface area contributed by atoms with E-state index in [-0.39, 0.29) is 12.3 Å². The summed E-state index contributed by atoms with van der Waals surface area (Å²) < 4.78 is 5.19. The first-order chi connectivity index (χ1) is 10.8. The number of ketones is 1. The number of carbonyl (C=O) groups is 1. The van der Waals surface area contributed by atoms with Gasteiger partial charge in [-0.1, -0.05) is 42.5 Å². The number of tetrazole rings is 1. The second-order valence-corrected chi connectivity index (χ2v) is 4.63. The number of ether oxygens (including phenoxy) is 1. The minimum absolute atomic E-state index is 0.0141. The molecule has 2 aromatic carbocycles. The van der Waals surface area contributed by atoms with Crippen LogP contribution >= 0.6 is 0 Å². The lowest BCUT2D eigenvalue weighted by molar-refractivity contribution is 0.0958. The Labute approximate surface area is 127 Å². The molecular weight excluding hydrogens is 280 g/mol. The molecule has 0 saturated heterocycles. The van der Waals surface area contributed by atoms with Crippen molar-refractivity contribution in [1.82, 2.24) is 20.2 Å². The first-order valence-corrected chi connectivity index (χ1v) is 6.77. The maximum atomic E-state index is 12.3. The highest BCUT2D eigenvalue weighted by Crippen LogP contribution is 2.18. The Morgan fingerprint density at radius 3 is 2.59 bits per heavy atom. The molecule has 0 aliphatic carbocycles. The molecule has 0 fully saturated rings. The molecule has 0 atom stereocenters. The van der Waals surface area contributed by atoms with Gasteiger partial charge in [0.25, 0.3) is 0 Å². The van der Waals surface area contributed by atoms with Gasteiger partial charge in [-0.15, -0.1) is 10.2 Å². The van der Waals surface area contributed by atoms with Gasteiger partial charge in [0.15, 0.2) is 5.78 Å². The molecule has 0 aliphatic rings. The zero-order valence-electron chi connectivity index (χ0n) is 12.0. The highest BCUT2D eigenvalue weighted by molar-refractivity contribution is 5.98. The maximum absolute atomic E-state index is 12.3. The highest BCUT2D eigenvalue weighted by atomic mass is 16.5. The fourth-order valence-electron chi connectivity index (χ4n) is 2.10. The number of para-hydroxylation sites is 1. The van der Waals surface area contributed by atoms with E-state index in [9.17, 15) is 4.79 Å². The zero-order chi connectivity index (χ0) is 15.4. The quantitative estimate of drug-likeness (QED) is 0.675. The third kappa shape index (κ3) is 2.85. The molecular formula is C16H14N4O2. The highest BCUT2D eigenvalue weighted by Gasteiger charge is 2.14. The molecule has 1 aromatic heterocycles. The summed E-state index contributed by atoms with van der Waals surface area (Å²) in [5.41, 5.74) is 1.36. The molecule has 0 amide bonds. The third-order valence-electron chi connectivity index (χ3n) is 3.18. The Hall–Kier alpha value is -3.02. The van der Waals surface area contributed by atoms with E-state index in [4.69, 9.17) is 4.74 Å². The summed E-state index contributed by atoms with van der Waals surface area (Å²) in [6.45, 7) is 0.0141. The van der Waals surface area contributed by atoms with Crippen molar-refractivity contribution in [2.45, 2.75) is 6.54 Å². The van der Waals surface area contributed by atoms with Gasteiger partial charge in [0.05, 0.1) is 12.7 Å². The Bertz CT molecular complexity index is 784. The number of hydrogen-bond acceptors (Lipinski definition) is 5. The lowest BCUT2D eigenvalue weighted by Gasteiger charge is -2.06. The number of aromatic nitrogens is 4. The molecule has 0 aliphatic heterocycles. The second-order valence-electron chi connectivity index (χ2n) is 4.63. The molecule has 3 rings (SSSR count). The lowest BCUT2D eigenvalue weighted by atomic mass is 10.1. The average molecular weight is 294 g/mol. The SMILES string of the molecule is COc1ccccc1C(=O)Cn1nnc(-c2ccccc2)n1. The van der Waals surface area contributed by atoms with E-state index in [1.807, 2.05) is 36.4 Å². The molecule has 0 saturated carbocycles. The van der Waals surface area contributed by atoms with Crippen molar-refractivity contribution in [1.29, 1.82) is 0 Å². The number of rotatable bonds is 5. The van der Waals surface area contributed by atoms with Gasteiger partial charge >= 0.3 is 0 Å². The third-order valence-corrected chi connectivity index (χ3v) is 3.18. The van der Waals surface area contributed by atoms with Crippen LogP contribution in [0.25, 0.3) is 11.4 Å². The van der Waals surface area contributed by atoms with Crippen molar-refractivity contribution in [2.75, 3.05) is 7.11 Å². The summed E-state index contributed by atoms with van der Waals surface area (Å²) in [6, 6.07) is 16.6. The predicted molar refractivity (Wildman–Crippen MR) is 80.6 cm³/mol. The van der Waals surface area contributed by atoms with E-state index in [1.54, 1.807) is 18.2 Å². The van der Waals surface area contributed by atoms with Gasteiger partial charge < -0.3 is 4.74 Å². The largest absolute Gasteiger partial charge is 0.496 e. The van der Waals surface area contributed by atoms with Gasteiger partial charge in [0.2, 0.25) is 5.82 Å². The monoisotopic (exact) mass is 294 g/mol. The second kappa shape index (κ2) is 6.17. The Balaban J connectivity index is 1.79. The van der Waals surface area contributed by atoms with Crippen LogP contribution < -0.4 is 4.74 Å². The topological polar surface area (TPSA) is 69.9 Å². The summed E-state index contributed by atoms with van der Waals surface area (Å²) in [6.07, 6.45) is 0. The number of benzene rings is 2. The first-order valence-electron chi connectivity index (χ1n) is 6.77. The van der Waals surface area contributed by atoms with Crippen molar-refractivity contribution in [3.63, 3.8) is 0 Å². The molecule has 6 nitrogen and oxygen atoms in total. The van der Waals surface area contributed by atoms with Crippen LogP contribution in [0.3, 0.4) is 0 Å². The van der Waals surface area contributed by atoms with Gasteiger partial charge in [0.1, 0.15) is 12.3 Å². The Morgan fingerprint density at radius 1 is 1.09 bits per heavy atom. The minimum Gasteiger partial charge on any atom is -0.496 e. The fraction of sp³-hybridized carbons (Fsp3) is 0.125. The van der Waals surface area contributed by atoms with Crippen LogP contribution in [0.5, 0.6) is 5.75 Å². The van der Waals surface area contributed by atoms with E-state index in [1.165, 1.54) is 11.9 Å². The smallest absolute Gasteiger partial charge is 0.204 e. The number of nitrogens with zero attached hydrogens (tertiary/aromatic N) is 4. The molecule has 1 heterocycles. The minimum atomic E-state index is -0.130. The lowest BCUT2D eigenvalue weighted by Crippen LogP contribution is -2.14. The van der Waals surface area contributed by atoms with Crippen LogP contribution in [0.4, 0.5) is 0 Å². The van der Waals surface area contributed by atoms with E-state index in [0.717, 1.165) is 5.56 Å². The van der Waals surface area contributed by atoms with E-state index < -0.39 is 0 Å². The molecule has 0 unspecified atom stereocenters. The van der Waals surface area contributed by atoms with E-state index in [2.05, 4.69) is 15.4 Å². The normalized spacial score (nSPS) is 10.4. The Morgan fingerprint density at radius 2 is 1.82 bits per heavy atom. The molecule has 0 bridgehead atoms. The average Bonchev–Trinajstić information content (AvgIpc) is 3.04. The summed E-state index contributed by atoms with van der Waals surface area (Å²) in [5.74, 6) is 0.902. The zero-order valence-corrected chi connectivity index (χ0v) is 12.0. The fourth-order valence-corrected chi connectivity index (χ4v) is 2.10. The summed E-state index contributed by atoms with van der Waals surface area (Å²) in [5, 5.41) is 12.1. The van der Waals surface area contributed by atoms with Crippen molar-refractivity contribution >= 4 is 5.78 Å². The molecule has 0 radical (unpaired) electrons. The standard InChI is InChI=1S/C16H14N4O2/c1-22-15-10-6-5-9-13(15)14(21)11-20-18-16(17-19-20)12-7-3-2-4-8-12/h2-10H,11H2,1H3. The van der Waals surface area contributed by atoms with Crippen LogP contribution in [0, 0.1) is 0 Å². The maximum Gasteiger partial charge on any atom is 0.204 e. The van der Waals surface area contributed by atoms with Gasteiger partial charge in [-0.3, -0.25) is 4.79 Å². The molecule has 0 N–H and O–H groups in total. The summed E-state index contributed by atoms with van der Waals surface area (Å²) in [4.78, 5) is 13.6. The first kappa shape index (κ1) is 13.9. The number of carbonyl (C=O) groups excluding carboxylic acids is 1. The molecule has 22 heavy (non-hydrogen) atoms. The van der Waals surface area contributed by atoms with Crippen LogP contribution in [0.2, 0.25) is 0 Å². The van der Waals surface area contributed by atoms with Gasteiger partial charge in [-0.05, 0) is 17.3 Å². The molecule has 0 spiro atoms. The van der Waals surface area contributed by atoms with Crippen LogP contribution in [0.15, 0.2) is 54.6 Å². The van der Waals surface area contributed by atoms with E-state index >= 15 is 0 Å². The van der Waals surface area contributed by atoms with Gasteiger partial charge in [-0.2, -0.15) is 4.80 Å². The predicted octanol–water partition coefficient (Wildman–Crippen LogP) is 2.23. The van der Waals surface area contributed by atoms with Crippen molar-refractivity contribution in [3.8, 4) is 17.1 Å². The van der Waals surface area contributed by atoms with Crippen LogP contribution in [-0.2, 0) is 6.54 Å². The van der Waals surface area contributed by atoms with Gasteiger partial charge in [-0.25, -0.2) is 0 Å². The van der Waals surface area contributed by atoms with Crippen LogP contribution in [-0.4, -0.2) is 33.1 Å². The molecule has 6 heteroatoms. The molecule has 3 aromatic rings. The van der Waals surface area contributed by atoms with Crippen molar-refractivity contribution < 1.29 is 9.53 Å². The summed E-state index contributed by atoms with van der Waals surface area (Å²) >= 11 is 0. The number of hydrogen-bond donors (Lipinski definition) is 0.